The fraction of sp³-hybridized carbons (Fsp3) is 0.0769. The maximum absolute atomic E-state index is 13.9. The van der Waals surface area contributed by atoms with Crippen molar-refractivity contribution >= 4 is 32.8 Å². The van der Waals surface area contributed by atoms with Gasteiger partial charge in [0, 0.05) is 6.20 Å². The van der Waals surface area contributed by atoms with Gasteiger partial charge in [-0.1, -0.05) is 11.6 Å². The van der Waals surface area contributed by atoms with E-state index in [-0.39, 0.29) is 10.4 Å². The first-order chi connectivity index (χ1) is 11.6. The van der Waals surface area contributed by atoms with Gasteiger partial charge < -0.3 is 0 Å². The summed E-state index contributed by atoms with van der Waals surface area (Å²) in [6.07, 6.45) is -2.57. The van der Waals surface area contributed by atoms with Crippen LogP contribution in [0, 0.1) is 5.82 Å². The standard InChI is InChI=1S/C13H7ClF4N4O2S/c14-8-5-9(15)10(4-7(8)13(16,17)18)21-25(23,24)12-6-20-22-11(12)2-1-3-19-22/h1-6,21H. The summed E-state index contributed by atoms with van der Waals surface area (Å²) < 4.78 is 80.1. The molecular weight excluding hydrogens is 388 g/mol. The molecule has 0 amide bonds. The summed E-state index contributed by atoms with van der Waals surface area (Å²) in [7, 11) is -4.42. The number of nitrogens with zero attached hydrogens (tertiary/aromatic N) is 3. The molecule has 2 heterocycles. The average molecular weight is 395 g/mol. The van der Waals surface area contributed by atoms with Crippen LogP contribution in [0.2, 0.25) is 5.02 Å². The first-order valence-electron chi connectivity index (χ1n) is 6.48. The minimum absolute atomic E-state index is 0.0698. The van der Waals surface area contributed by atoms with Gasteiger partial charge in [0.2, 0.25) is 0 Å². The van der Waals surface area contributed by atoms with E-state index in [1.807, 2.05) is 0 Å². The number of anilines is 1. The van der Waals surface area contributed by atoms with E-state index in [1.54, 1.807) is 4.72 Å². The van der Waals surface area contributed by atoms with E-state index >= 15 is 0 Å². The highest BCUT2D eigenvalue weighted by Gasteiger charge is 2.35. The minimum atomic E-state index is -4.88. The molecule has 0 unspecified atom stereocenters. The van der Waals surface area contributed by atoms with Crippen LogP contribution in [-0.2, 0) is 16.2 Å². The fourth-order valence-electron chi connectivity index (χ4n) is 2.06. The fourth-order valence-corrected chi connectivity index (χ4v) is 3.49. The Labute approximate surface area is 143 Å². The molecule has 3 aromatic rings. The highest BCUT2D eigenvalue weighted by atomic mass is 35.5. The highest BCUT2D eigenvalue weighted by Crippen LogP contribution is 2.37. The van der Waals surface area contributed by atoms with Crippen LogP contribution in [0.5, 0.6) is 0 Å². The number of aromatic nitrogens is 3. The van der Waals surface area contributed by atoms with Crippen LogP contribution in [0.4, 0.5) is 23.2 Å². The Hall–Kier alpha value is -2.40. The molecule has 0 fully saturated rings. The SMILES string of the molecule is O=S(=O)(Nc1cc(C(F)(F)F)c(Cl)cc1F)c1cnn2ncccc12. The smallest absolute Gasteiger partial charge is 0.277 e. The lowest BCUT2D eigenvalue weighted by atomic mass is 10.2. The van der Waals surface area contributed by atoms with Crippen LogP contribution >= 0.6 is 11.6 Å². The van der Waals surface area contributed by atoms with Crippen molar-refractivity contribution < 1.29 is 26.0 Å². The second kappa shape index (κ2) is 5.85. The molecule has 0 atom stereocenters. The molecule has 25 heavy (non-hydrogen) atoms. The Morgan fingerprint density at radius 1 is 1.20 bits per heavy atom. The van der Waals surface area contributed by atoms with E-state index in [4.69, 9.17) is 11.6 Å². The zero-order valence-corrected chi connectivity index (χ0v) is 13.5. The zero-order chi connectivity index (χ0) is 18.4. The van der Waals surface area contributed by atoms with Crippen LogP contribution in [0.15, 0.2) is 41.6 Å². The molecule has 2 aromatic heterocycles. The van der Waals surface area contributed by atoms with Crippen LogP contribution in [0.3, 0.4) is 0 Å². The van der Waals surface area contributed by atoms with Crippen molar-refractivity contribution in [1.82, 2.24) is 14.8 Å². The van der Waals surface area contributed by atoms with Crippen molar-refractivity contribution in [1.29, 1.82) is 0 Å². The molecule has 132 valence electrons. The Morgan fingerprint density at radius 3 is 2.60 bits per heavy atom. The van der Waals surface area contributed by atoms with Gasteiger partial charge in [0.15, 0.2) is 0 Å². The first-order valence-corrected chi connectivity index (χ1v) is 8.34. The summed E-state index contributed by atoms with van der Waals surface area (Å²) in [5.41, 5.74) is -2.19. The second-order valence-corrected chi connectivity index (χ2v) is 6.88. The number of hydrogen-bond donors (Lipinski definition) is 1. The lowest BCUT2D eigenvalue weighted by molar-refractivity contribution is -0.137. The van der Waals surface area contributed by atoms with Crippen molar-refractivity contribution in [2.45, 2.75) is 11.1 Å². The normalized spacial score (nSPS) is 12.5. The Bertz CT molecular complexity index is 1070. The van der Waals surface area contributed by atoms with Gasteiger partial charge in [-0.15, -0.1) is 0 Å². The highest BCUT2D eigenvalue weighted by molar-refractivity contribution is 7.93. The summed E-state index contributed by atoms with van der Waals surface area (Å²) in [5.74, 6) is -1.25. The van der Waals surface area contributed by atoms with Crippen molar-refractivity contribution in [3.63, 3.8) is 0 Å². The molecule has 0 bridgehead atoms. The monoisotopic (exact) mass is 394 g/mol. The minimum Gasteiger partial charge on any atom is -0.277 e. The number of sulfonamides is 1. The lowest BCUT2D eigenvalue weighted by Crippen LogP contribution is -2.15. The van der Waals surface area contributed by atoms with E-state index < -0.39 is 38.3 Å². The van der Waals surface area contributed by atoms with Crippen molar-refractivity contribution in [2.24, 2.45) is 0 Å². The molecule has 0 saturated heterocycles. The van der Waals surface area contributed by atoms with Crippen LogP contribution in [-0.4, -0.2) is 23.2 Å². The van der Waals surface area contributed by atoms with Crippen LogP contribution < -0.4 is 4.72 Å². The predicted molar refractivity (Wildman–Crippen MR) is 80.2 cm³/mol. The molecular formula is C13H7ClF4N4O2S. The number of nitrogens with one attached hydrogen (secondary N) is 1. The summed E-state index contributed by atoms with van der Waals surface area (Å²) in [5, 5.41) is 6.60. The number of fused-ring (bicyclic) bond motifs is 1. The second-order valence-electron chi connectivity index (χ2n) is 4.82. The topological polar surface area (TPSA) is 76.4 Å². The van der Waals surface area contributed by atoms with Crippen LogP contribution in [0.25, 0.3) is 5.52 Å². The van der Waals surface area contributed by atoms with Crippen molar-refractivity contribution in [3.8, 4) is 0 Å². The van der Waals surface area contributed by atoms with Crippen molar-refractivity contribution in [3.05, 3.63) is 53.1 Å². The summed E-state index contributed by atoms with van der Waals surface area (Å²) in [6.45, 7) is 0. The van der Waals surface area contributed by atoms with Gasteiger partial charge in [0.25, 0.3) is 10.0 Å². The number of alkyl halides is 3. The largest absolute Gasteiger partial charge is 0.417 e. The van der Waals surface area contributed by atoms with Gasteiger partial charge in [-0.05, 0) is 24.3 Å². The van der Waals surface area contributed by atoms with Gasteiger partial charge in [0.1, 0.15) is 16.2 Å². The molecule has 0 aliphatic heterocycles. The van der Waals surface area contributed by atoms with E-state index in [0.717, 1.165) is 10.8 Å². The third-order valence-electron chi connectivity index (χ3n) is 3.16. The lowest BCUT2D eigenvalue weighted by Gasteiger charge is -2.13. The molecule has 0 aliphatic rings. The molecule has 1 aromatic carbocycles. The number of benzene rings is 1. The van der Waals surface area contributed by atoms with Gasteiger partial charge >= 0.3 is 6.18 Å². The van der Waals surface area contributed by atoms with E-state index in [1.165, 1.54) is 18.3 Å². The van der Waals surface area contributed by atoms with Gasteiger partial charge in [-0.3, -0.25) is 4.72 Å². The quantitative estimate of drug-likeness (QED) is 0.691. The maximum atomic E-state index is 13.9. The summed E-state index contributed by atoms with van der Waals surface area (Å²) >= 11 is 5.38. The van der Waals surface area contributed by atoms with E-state index in [9.17, 15) is 26.0 Å². The molecule has 3 rings (SSSR count). The van der Waals surface area contributed by atoms with Gasteiger partial charge in [0.05, 0.1) is 22.5 Å². The zero-order valence-electron chi connectivity index (χ0n) is 11.9. The van der Waals surface area contributed by atoms with E-state index in [0.29, 0.717) is 12.1 Å². The summed E-state index contributed by atoms with van der Waals surface area (Å²) in [4.78, 5) is -0.372. The maximum Gasteiger partial charge on any atom is 0.417 e. The number of halogens is 5. The third kappa shape index (κ3) is 3.24. The summed E-state index contributed by atoms with van der Waals surface area (Å²) in [6, 6.07) is 3.51. The number of rotatable bonds is 3. The predicted octanol–water partition coefficient (Wildman–Crippen LogP) is 3.34. The molecule has 6 nitrogen and oxygen atoms in total. The first kappa shape index (κ1) is 17.4. The Balaban J connectivity index is 2.07. The molecule has 0 radical (unpaired) electrons. The van der Waals surface area contributed by atoms with Crippen molar-refractivity contribution in [2.75, 3.05) is 4.72 Å². The molecule has 1 N–H and O–H groups in total. The average Bonchev–Trinajstić information content (AvgIpc) is 2.93. The molecule has 0 spiro atoms. The van der Waals surface area contributed by atoms with Crippen LogP contribution in [0.1, 0.15) is 5.56 Å². The van der Waals surface area contributed by atoms with Gasteiger partial charge in [-0.2, -0.15) is 28.0 Å². The van der Waals surface area contributed by atoms with Gasteiger partial charge in [-0.25, -0.2) is 12.8 Å². The van der Waals surface area contributed by atoms with E-state index in [2.05, 4.69) is 10.2 Å². The Kier molecular flexibility index (Phi) is 4.07. The Morgan fingerprint density at radius 2 is 1.92 bits per heavy atom. The molecule has 0 aliphatic carbocycles. The molecule has 12 heteroatoms. The number of hydrogen-bond acceptors (Lipinski definition) is 4. The third-order valence-corrected chi connectivity index (χ3v) is 4.86. The molecule has 0 saturated carbocycles.